The minimum Gasteiger partial charge on any atom is -0.315 e. The Morgan fingerprint density at radius 1 is 1.29 bits per heavy atom. The average Bonchev–Trinajstić information content (AvgIpc) is 2.20. The van der Waals surface area contributed by atoms with Gasteiger partial charge in [-0.25, -0.2) is 0 Å². The lowest BCUT2D eigenvalue weighted by atomic mass is 10.0. The zero-order chi connectivity index (χ0) is 10.2. The molecule has 0 aromatic heterocycles. The van der Waals surface area contributed by atoms with E-state index in [1.807, 2.05) is 0 Å². The molecule has 14 heavy (non-hydrogen) atoms. The molecule has 0 aromatic rings. The molecule has 0 saturated carbocycles. The monoisotopic (exact) mass is 198 g/mol. The summed E-state index contributed by atoms with van der Waals surface area (Å²) in [4.78, 5) is 2.51. The molecule has 2 nitrogen and oxygen atoms in total. The normalized spacial score (nSPS) is 24.0. The lowest BCUT2D eigenvalue weighted by Gasteiger charge is -2.32. The number of rotatable bonds is 6. The molecule has 84 valence electrons. The van der Waals surface area contributed by atoms with Crippen molar-refractivity contribution < 1.29 is 0 Å². The summed E-state index contributed by atoms with van der Waals surface area (Å²) >= 11 is 0. The molecule has 2 heteroatoms. The third-order valence-corrected chi connectivity index (χ3v) is 3.26. The Bertz CT molecular complexity index is 136. The molecule has 1 fully saturated rings. The van der Waals surface area contributed by atoms with Crippen LogP contribution in [0, 0.1) is 0 Å². The molecule has 0 radical (unpaired) electrons. The number of nitrogens with one attached hydrogen (secondary N) is 1. The standard InChI is InChI=1S/C12H26N2/c1-3-4-6-9-13-11-12-8-5-7-10-14(12)2/h12-13H,3-11H2,1-2H3. The van der Waals surface area contributed by atoms with Gasteiger partial charge < -0.3 is 10.2 Å². The van der Waals surface area contributed by atoms with Gasteiger partial charge in [0.05, 0.1) is 0 Å². The fraction of sp³-hybridized carbons (Fsp3) is 1.00. The van der Waals surface area contributed by atoms with E-state index in [1.54, 1.807) is 0 Å². The zero-order valence-electron chi connectivity index (χ0n) is 9.89. The van der Waals surface area contributed by atoms with Gasteiger partial charge in [-0.1, -0.05) is 26.2 Å². The first kappa shape index (κ1) is 12.0. The summed E-state index contributed by atoms with van der Waals surface area (Å²) in [5.74, 6) is 0. The van der Waals surface area contributed by atoms with Crippen LogP contribution >= 0.6 is 0 Å². The highest BCUT2D eigenvalue weighted by Crippen LogP contribution is 2.13. The lowest BCUT2D eigenvalue weighted by molar-refractivity contribution is 0.181. The van der Waals surface area contributed by atoms with Gasteiger partial charge in [0.1, 0.15) is 0 Å². The van der Waals surface area contributed by atoms with E-state index < -0.39 is 0 Å². The number of likely N-dealkylation sites (N-methyl/N-ethyl adjacent to an activating group) is 1. The minimum absolute atomic E-state index is 0.797. The first-order valence-electron chi connectivity index (χ1n) is 6.25. The van der Waals surface area contributed by atoms with E-state index in [9.17, 15) is 0 Å². The van der Waals surface area contributed by atoms with Gasteiger partial charge >= 0.3 is 0 Å². The Morgan fingerprint density at radius 3 is 2.86 bits per heavy atom. The molecule has 1 N–H and O–H groups in total. The highest BCUT2D eigenvalue weighted by Gasteiger charge is 2.17. The fourth-order valence-electron chi connectivity index (χ4n) is 2.17. The third-order valence-electron chi connectivity index (χ3n) is 3.26. The maximum Gasteiger partial charge on any atom is 0.0217 e. The summed E-state index contributed by atoms with van der Waals surface area (Å²) in [6.45, 7) is 5.95. The van der Waals surface area contributed by atoms with E-state index in [2.05, 4.69) is 24.2 Å². The average molecular weight is 198 g/mol. The van der Waals surface area contributed by atoms with Crippen molar-refractivity contribution in [3.8, 4) is 0 Å². The highest BCUT2D eigenvalue weighted by atomic mass is 15.2. The first-order valence-corrected chi connectivity index (χ1v) is 6.25. The van der Waals surface area contributed by atoms with Crippen molar-refractivity contribution in [2.45, 2.75) is 51.5 Å². The van der Waals surface area contributed by atoms with E-state index in [-0.39, 0.29) is 0 Å². The molecule has 1 aliphatic rings. The maximum absolute atomic E-state index is 3.58. The highest BCUT2D eigenvalue weighted by molar-refractivity contribution is 4.75. The molecule has 1 atom stereocenters. The van der Waals surface area contributed by atoms with Gasteiger partial charge in [0.15, 0.2) is 0 Å². The van der Waals surface area contributed by atoms with Crippen molar-refractivity contribution in [2.24, 2.45) is 0 Å². The molecular weight excluding hydrogens is 172 g/mol. The minimum atomic E-state index is 0.797. The third kappa shape index (κ3) is 4.43. The van der Waals surface area contributed by atoms with Crippen molar-refractivity contribution in [1.82, 2.24) is 10.2 Å². The van der Waals surface area contributed by atoms with E-state index in [0.29, 0.717) is 0 Å². The van der Waals surface area contributed by atoms with Crippen LogP contribution in [0.1, 0.15) is 45.4 Å². The summed E-state index contributed by atoms with van der Waals surface area (Å²) in [7, 11) is 2.26. The summed E-state index contributed by atoms with van der Waals surface area (Å²) in [6.07, 6.45) is 8.23. The fourth-order valence-corrected chi connectivity index (χ4v) is 2.17. The molecule has 0 bridgehead atoms. The molecule has 0 spiro atoms. The maximum atomic E-state index is 3.58. The number of hydrogen-bond acceptors (Lipinski definition) is 2. The van der Waals surface area contributed by atoms with E-state index in [1.165, 1.54) is 58.2 Å². The summed E-state index contributed by atoms with van der Waals surface area (Å²) < 4.78 is 0. The molecule has 0 amide bonds. The number of piperidine rings is 1. The van der Waals surface area contributed by atoms with Crippen molar-refractivity contribution in [1.29, 1.82) is 0 Å². The van der Waals surface area contributed by atoms with Crippen LogP contribution in [0.3, 0.4) is 0 Å². The van der Waals surface area contributed by atoms with E-state index in [0.717, 1.165) is 6.04 Å². The topological polar surface area (TPSA) is 15.3 Å². The van der Waals surface area contributed by atoms with Gasteiger partial charge in [0.25, 0.3) is 0 Å². The van der Waals surface area contributed by atoms with Gasteiger partial charge in [0.2, 0.25) is 0 Å². The number of hydrogen-bond donors (Lipinski definition) is 1. The van der Waals surface area contributed by atoms with Crippen LogP contribution in [0.5, 0.6) is 0 Å². The van der Waals surface area contributed by atoms with Gasteiger partial charge in [-0.2, -0.15) is 0 Å². The zero-order valence-corrected chi connectivity index (χ0v) is 9.89. The van der Waals surface area contributed by atoms with Crippen molar-refractivity contribution in [2.75, 3.05) is 26.7 Å². The largest absolute Gasteiger partial charge is 0.315 e. The molecule has 1 heterocycles. The number of nitrogens with zero attached hydrogens (tertiary/aromatic N) is 1. The summed E-state index contributed by atoms with van der Waals surface area (Å²) in [5.41, 5.74) is 0. The predicted molar refractivity (Wildman–Crippen MR) is 62.7 cm³/mol. The van der Waals surface area contributed by atoms with Crippen LogP contribution in [0.15, 0.2) is 0 Å². The van der Waals surface area contributed by atoms with Crippen LogP contribution in [0.4, 0.5) is 0 Å². The Hall–Kier alpha value is -0.0800. The smallest absolute Gasteiger partial charge is 0.0217 e. The quantitative estimate of drug-likeness (QED) is 0.659. The molecule has 1 rings (SSSR count). The van der Waals surface area contributed by atoms with Crippen molar-refractivity contribution in [3.05, 3.63) is 0 Å². The number of unbranched alkanes of at least 4 members (excludes halogenated alkanes) is 2. The second kappa shape index (κ2) is 7.24. The lowest BCUT2D eigenvalue weighted by Crippen LogP contribution is -2.43. The van der Waals surface area contributed by atoms with Crippen LogP contribution < -0.4 is 5.32 Å². The van der Waals surface area contributed by atoms with Gasteiger partial charge in [0, 0.05) is 12.6 Å². The Labute approximate surface area is 89.1 Å². The van der Waals surface area contributed by atoms with Gasteiger partial charge in [-0.15, -0.1) is 0 Å². The van der Waals surface area contributed by atoms with Crippen molar-refractivity contribution in [3.63, 3.8) is 0 Å². The molecular formula is C12H26N2. The first-order chi connectivity index (χ1) is 6.84. The van der Waals surface area contributed by atoms with Crippen LogP contribution in [0.2, 0.25) is 0 Å². The van der Waals surface area contributed by atoms with E-state index >= 15 is 0 Å². The summed E-state index contributed by atoms with van der Waals surface area (Å²) in [6, 6.07) is 0.797. The Balaban J connectivity index is 1.99. The molecule has 0 aliphatic carbocycles. The number of likely N-dealkylation sites (tertiary alicyclic amines) is 1. The van der Waals surface area contributed by atoms with Crippen LogP contribution in [-0.4, -0.2) is 37.6 Å². The van der Waals surface area contributed by atoms with Crippen LogP contribution in [-0.2, 0) is 0 Å². The second-order valence-electron chi connectivity index (χ2n) is 4.54. The second-order valence-corrected chi connectivity index (χ2v) is 4.54. The molecule has 0 aromatic carbocycles. The Morgan fingerprint density at radius 2 is 2.14 bits per heavy atom. The predicted octanol–water partition coefficient (Wildman–Crippen LogP) is 2.25. The molecule has 1 unspecified atom stereocenters. The molecule has 1 saturated heterocycles. The molecule has 1 aliphatic heterocycles. The van der Waals surface area contributed by atoms with Crippen LogP contribution in [0.25, 0.3) is 0 Å². The summed E-state index contributed by atoms with van der Waals surface area (Å²) in [5, 5.41) is 3.58. The SMILES string of the molecule is CCCCCNCC1CCCCN1C. The Kier molecular flexibility index (Phi) is 6.20. The van der Waals surface area contributed by atoms with Crippen molar-refractivity contribution >= 4 is 0 Å². The van der Waals surface area contributed by atoms with Gasteiger partial charge in [-0.05, 0) is 39.4 Å². The van der Waals surface area contributed by atoms with Gasteiger partial charge in [-0.3, -0.25) is 0 Å². The van der Waals surface area contributed by atoms with E-state index in [4.69, 9.17) is 0 Å².